The summed E-state index contributed by atoms with van der Waals surface area (Å²) in [7, 11) is 0. The third kappa shape index (κ3) is 2.52. The topological polar surface area (TPSA) is 28.1 Å². The highest BCUT2D eigenvalue weighted by Gasteiger charge is 2.14. The van der Waals surface area contributed by atoms with Gasteiger partial charge in [-0.05, 0) is 37.6 Å². The van der Waals surface area contributed by atoms with Crippen LogP contribution in [0, 0.1) is 25.1 Å². The molecule has 90 valence electrons. The standard InChI is InChI=1S/C14H12FN2S/c1-9-8-14(10(2)7-12(9)17-16)18-13-6-4-3-5-11(13)15/h3-8H,1-2H3/q+1. The number of aryl methyl sites for hydroxylation is 2. The lowest BCUT2D eigenvalue weighted by atomic mass is 10.1. The van der Waals surface area contributed by atoms with Crippen LogP contribution < -0.4 is 0 Å². The minimum Gasteiger partial charge on any atom is -0.206 e. The molecule has 4 heteroatoms. The van der Waals surface area contributed by atoms with Crippen LogP contribution in [-0.4, -0.2) is 0 Å². The van der Waals surface area contributed by atoms with Gasteiger partial charge in [0.2, 0.25) is 5.39 Å². The van der Waals surface area contributed by atoms with Crippen LogP contribution in [0.4, 0.5) is 10.1 Å². The quantitative estimate of drug-likeness (QED) is 0.703. The Labute approximate surface area is 109 Å². The zero-order valence-electron chi connectivity index (χ0n) is 10.1. The molecule has 2 aromatic rings. The predicted molar refractivity (Wildman–Crippen MR) is 71.2 cm³/mol. The van der Waals surface area contributed by atoms with Crippen molar-refractivity contribution in [3.05, 3.63) is 58.3 Å². The number of hydrogen-bond acceptors (Lipinski definition) is 2. The molecule has 0 bridgehead atoms. The number of diazo groups is 1. The molecule has 0 saturated heterocycles. The monoisotopic (exact) mass is 259 g/mol. The number of halogens is 1. The fraction of sp³-hybridized carbons (Fsp3) is 0.143. The average Bonchev–Trinajstić information content (AvgIpc) is 2.36. The van der Waals surface area contributed by atoms with Gasteiger partial charge in [-0.3, -0.25) is 0 Å². The maximum absolute atomic E-state index is 13.6. The molecule has 2 rings (SSSR count). The van der Waals surface area contributed by atoms with E-state index in [1.807, 2.05) is 26.0 Å². The van der Waals surface area contributed by atoms with Crippen molar-refractivity contribution in [2.24, 2.45) is 0 Å². The fourth-order valence-electron chi connectivity index (χ4n) is 1.64. The van der Waals surface area contributed by atoms with Crippen LogP contribution in [0.5, 0.6) is 0 Å². The Kier molecular flexibility index (Phi) is 3.63. The van der Waals surface area contributed by atoms with Crippen molar-refractivity contribution < 1.29 is 4.39 Å². The molecule has 0 amide bonds. The van der Waals surface area contributed by atoms with Gasteiger partial charge in [0, 0.05) is 21.4 Å². The molecule has 0 saturated carbocycles. The van der Waals surface area contributed by atoms with Gasteiger partial charge < -0.3 is 0 Å². The first-order valence-electron chi connectivity index (χ1n) is 5.50. The SMILES string of the molecule is Cc1cc(Sc2ccccc2F)c(C)cc1[N+]#N. The van der Waals surface area contributed by atoms with E-state index in [2.05, 4.69) is 4.98 Å². The van der Waals surface area contributed by atoms with Gasteiger partial charge in [0.25, 0.3) is 0 Å². The van der Waals surface area contributed by atoms with Crippen LogP contribution in [0.1, 0.15) is 11.1 Å². The maximum atomic E-state index is 13.6. The minimum absolute atomic E-state index is 0.226. The Hall–Kier alpha value is -1.86. The Morgan fingerprint density at radius 1 is 1.06 bits per heavy atom. The van der Waals surface area contributed by atoms with Crippen LogP contribution in [0.15, 0.2) is 46.2 Å². The summed E-state index contributed by atoms with van der Waals surface area (Å²) in [6.07, 6.45) is 0. The van der Waals surface area contributed by atoms with E-state index < -0.39 is 0 Å². The van der Waals surface area contributed by atoms with Crippen molar-refractivity contribution in [1.29, 1.82) is 5.39 Å². The molecule has 0 N–H and O–H groups in total. The number of hydrogen-bond donors (Lipinski definition) is 0. The molecular formula is C14H12FN2S+. The lowest BCUT2D eigenvalue weighted by molar-refractivity contribution is 0.602. The van der Waals surface area contributed by atoms with Gasteiger partial charge in [-0.15, -0.1) is 0 Å². The fourth-order valence-corrected chi connectivity index (χ4v) is 2.64. The van der Waals surface area contributed by atoms with Gasteiger partial charge in [-0.2, -0.15) is 0 Å². The second kappa shape index (κ2) is 5.19. The van der Waals surface area contributed by atoms with E-state index >= 15 is 0 Å². The Morgan fingerprint density at radius 3 is 2.44 bits per heavy atom. The Balaban J connectivity index is 2.39. The molecule has 0 aliphatic heterocycles. The zero-order chi connectivity index (χ0) is 13.1. The molecule has 0 unspecified atom stereocenters. The second-order valence-corrected chi connectivity index (χ2v) is 5.12. The van der Waals surface area contributed by atoms with Gasteiger partial charge >= 0.3 is 5.69 Å². The van der Waals surface area contributed by atoms with Crippen molar-refractivity contribution in [1.82, 2.24) is 0 Å². The van der Waals surface area contributed by atoms with E-state index in [9.17, 15) is 4.39 Å². The highest BCUT2D eigenvalue weighted by Crippen LogP contribution is 2.35. The normalized spacial score (nSPS) is 10.1. The van der Waals surface area contributed by atoms with Crippen LogP contribution in [0.25, 0.3) is 4.98 Å². The van der Waals surface area contributed by atoms with E-state index in [0.29, 0.717) is 10.6 Å². The molecular weight excluding hydrogens is 247 g/mol. The second-order valence-electron chi connectivity index (χ2n) is 4.04. The van der Waals surface area contributed by atoms with E-state index in [1.54, 1.807) is 18.2 Å². The largest absolute Gasteiger partial charge is 0.388 e. The summed E-state index contributed by atoms with van der Waals surface area (Å²) < 4.78 is 13.6. The summed E-state index contributed by atoms with van der Waals surface area (Å²) in [6.45, 7) is 3.78. The first-order chi connectivity index (χ1) is 8.61. The van der Waals surface area contributed by atoms with Gasteiger partial charge in [0.15, 0.2) is 4.98 Å². The molecule has 0 aliphatic carbocycles. The summed E-state index contributed by atoms with van der Waals surface area (Å²) >= 11 is 1.38. The molecule has 0 aromatic heterocycles. The lowest BCUT2D eigenvalue weighted by Gasteiger charge is -2.06. The lowest BCUT2D eigenvalue weighted by Crippen LogP contribution is -1.85. The maximum Gasteiger partial charge on any atom is 0.388 e. The first-order valence-corrected chi connectivity index (χ1v) is 6.32. The highest BCUT2D eigenvalue weighted by atomic mass is 32.2. The molecule has 0 aliphatic rings. The van der Waals surface area contributed by atoms with Gasteiger partial charge in [-0.25, -0.2) is 4.39 Å². The Morgan fingerprint density at radius 2 is 1.78 bits per heavy atom. The molecule has 0 radical (unpaired) electrons. The number of benzene rings is 2. The zero-order valence-corrected chi connectivity index (χ0v) is 11.0. The van der Waals surface area contributed by atoms with Gasteiger partial charge in [0.1, 0.15) is 5.82 Å². The van der Waals surface area contributed by atoms with Crippen molar-refractivity contribution in [2.45, 2.75) is 23.6 Å². The van der Waals surface area contributed by atoms with E-state index in [-0.39, 0.29) is 5.82 Å². The average molecular weight is 259 g/mol. The number of nitrogens with zero attached hydrogens (tertiary/aromatic N) is 2. The molecule has 0 heterocycles. The third-order valence-electron chi connectivity index (χ3n) is 2.66. The molecule has 2 nitrogen and oxygen atoms in total. The minimum atomic E-state index is -0.226. The molecule has 0 spiro atoms. The summed E-state index contributed by atoms with van der Waals surface area (Å²) in [6, 6.07) is 10.4. The molecule has 2 aromatic carbocycles. The first kappa shape index (κ1) is 12.6. The Bertz CT molecular complexity index is 632. The number of rotatable bonds is 2. The summed E-state index contributed by atoms with van der Waals surface area (Å²) in [5, 5.41) is 8.83. The molecule has 0 atom stereocenters. The van der Waals surface area contributed by atoms with Gasteiger partial charge in [0.05, 0.1) is 0 Å². The van der Waals surface area contributed by atoms with E-state index in [1.165, 1.54) is 17.8 Å². The van der Waals surface area contributed by atoms with Crippen LogP contribution in [-0.2, 0) is 0 Å². The summed E-state index contributed by atoms with van der Waals surface area (Å²) in [4.78, 5) is 4.77. The van der Waals surface area contributed by atoms with Crippen molar-refractivity contribution >= 4 is 17.4 Å². The van der Waals surface area contributed by atoms with Crippen molar-refractivity contribution in [2.75, 3.05) is 0 Å². The van der Waals surface area contributed by atoms with Crippen molar-refractivity contribution in [3.8, 4) is 0 Å². The third-order valence-corrected chi connectivity index (χ3v) is 3.87. The van der Waals surface area contributed by atoms with Crippen molar-refractivity contribution in [3.63, 3.8) is 0 Å². The summed E-state index contributed by atoms with van der Waals surface area (Å²) in [5.74, 6) is -0.226. The van der Waals surface area contributed by atoms with E-state index in [4.69, 9.17) is 5.39 Å². The van der Waals surface area contributed by atoms with E-state index in [0.717, 1.165) is 16.0 Å². The highest BCUT2D eigenvalue weighted by molar-refractivity contribution is 7.99. The smallest absolute Gasteiger partial charge is 0.206 e. The van der Waals surface area contributed by atoms with Gasteiger partial charge in [-0.1, -0.05) is 23.9 Å². The summed E-state index contributed by atoms with van der Waals surface area (Å²) in [5.41, 5.74) is 2.37. The van der Waals surface area contributed by atoms with Crippen LogP contribution in [0.3, 0.4) is 0 Å². The predicted octanol–water partition coefficient (Wildman–Crippen LogP) is 5.08. The van der Waals surface area contributed by atoms with Crippen LogP contribution >= 0.6 is 11.8 Å². The molecule has 18 heavy (non-hydrogen) atoms. The van der Waals surface area contributed by atoms with Crippen LogP contribution in [0.2, 0.25) is 0 Å². The molecule has 0 fully saturated rings.